The zero-order chi connectivity index (χ0) is 27.1. The number of rotatable bonds is 11. The molecular formula is C30H44F6O. The Morgan fingerprint density at radius 1 is 0.676 bits per heavy atom. The van der Waals surface area contributed by atoms with E-state index in [0.717, 1.165) is 49.8 Å². The van der Waals surface area contributed by atoms with E-state index in [2.05, 4.69) is 11.7 Å². The average molecular weight is 535 g/mol. The maximum Gasteiger partial charge on any atom is 0.420 e. The average Bonchev–Trinajstić information content (AvgIpc) is 2.86. The molecule has 2 fully saturated rings. The predicted molar refractivity (Wildman–Crippen MR) is 136 cm³/mol. The Hall–Kier alpha value is -1.40. The van der Waals surface area contributed by atoms with Gasteiger partial charge in [0.15, 0.2) is 0 Å². The van der Waals surface area contributed by atoms with Crippen molar-refractivity contribution in [3.63, 3.8) is 0 Å². The molecular weight excluding hydrogens is 490 g/mol. The van der Waals surface area contributed by atoms with Crippen LogP contribution in [0.5, 0.6) is 5.75 Å². The lowest BCUT2D eigenvalue weighted by atomic mass is 9.68. The van der Waals surface area contributed by atoms with Gasteiger partial charge in [0.25, 0.3) is 0 Å². The van der Waals surface area contributed by atoms with Crippen LogP contribution in [-0.4, -0.2) is 7.11 Å². The number of aryl methyl sites for hydroxylation is 1. The Bertz CT molecular complexity index is 815. The first-order valence-corrected chi connectivity index (χ1v) is 14.4. The number of hydrogen-bond acceptors (Lipinski definition) is 1. The second-order valence-electron chi connectivity index (χ2n) is 11.5. The number of unbranched alkanes of at least 4 members (excludes halogenated alkanes) is 3. The third-order valence-electron chi connectivity index (χ3n) is 9.01. The molecule has 0 atom stereocenters. The van der Waals surface area contributed by atoms with Gasteiger partial charge in [0, 0.05) is 0 Å². The highest BCUT2D eigenvalue weighted by atomic mass is 19.4. The Kier molecular flexibility index (Phi) is 11.1. The van der Waals surface area contributed by atoms with Gasteiger partial charge < -0.3 is 4.74 Å². The van der Waals surface area contributed by atoms with Crippen LogP contribution in [0, 0.1) is 23.7 Å². The zero-order valence-electron chi connectivity index (χ0n) is 22.5. The van der Waals surface area contributed by atoms with Gasteiger partial charge in [-0.25, -0.2) is 0 Å². The Morgan fingerprint density at radius 2 is 1.16 bits per heavy atom. The van der Waals surface area contributed by atoms with Gasteiger partial charge in [-0.2, -0.15) is 26.3 Å². The van der Waals surface area contributed by atoms with Crippen LogP contribution in [0.4, 0.5) is 26.3 Å². The Morgan fingerprint density at radius 3 is 1.59 bits per heavy atom. The van der Waals surface area contributed by atoms with Crippen molar-refractivity contribution in [3.05, 3.63) is 28.8 Å². The van der Waals surface area contributed by atoms with Crippen LogP contribution in [0.25, 0.3) is 0 Å². The van der Waals surface area contributed by atoms with Gasteiger partial charge in [-0.15, -0.1) is 0 Å². The molecule has 0 unspecified atom stereocenters. The number of benzene rings is 1. The quantitative estimate of drug-likeness (QED) is 0.203. The van der Waals surface area contributed by atoms with Crippen molar-refractivity contribution in [2.75, 3.05) is 7.11 Å². The van der Waals surface area contributed by atoms with Crippen molar-refractivity contribution in [1.82, 2.24) is 0 Å². The molecule has 0 aliphatic heterocycles. The Labute approximate surface area is 218 Å². The van der Waals surface area contributed by atoms with Gasteiger partial charge >= 0.3 is 12.4 Å². The van der Waals surface area contributed by atoms with Crippen LogP contribution in [-0.2, 0) is 18.8 Å². The number of hydrogen-bond donors (Lipinski definition) is 0. The van der Waals surface area contributed by atoms with Crippen molar-refractivity contribution < 1.29 is 31.1 Å². The molecule has 0 amide bonds. The molecule has 2 aliphatic carbocycles. The van der Waals surface area contributed by atoms with E-state index in [0.29, 0.717) is 12.3 Å². The highest BCUT2D eigenvalue weighted by Gasteiger charge is 2.47. The summed E-state index contributed by atoms with van der Waals surface area (Å²) in [7, 11) is 0.957. The highest BCUT2D eigenvalue weighted by Crippen LogP contribution is 2.47. The molecule has 0 bridgehead atoms. The SMILES string of the molecule is CCCCCC1CCC(C2CCC(CCCCc3ccc(OC)c(C(F)(F)F)c3C(F)(F)F)CC2)CC1. The fourth-order valence-electron chi connectivity index (χ4n) is 6.94. The first-order valence-electron chi connectivity index (χ1n) is 14.4. The van der Waals surface area contributed by atoms with E-state index in [1.807, 2.05) is 0 Å². The van der Waals surface area contributed by atoms with Crippen LogP contribution in [0.3, 0.4) is 0 Å². The van der Waals surface area contributed by atoms with Gasteiger partial charge in [-0.05, 0) is 73.8 Å². The van der Waals surface area contributed by atoms with E-state index in [-0.39, 0.29) is 12.0 Å². The van der Waals surface area contributed by atoms with Crippen LogP contribution < -0.4 is 4.74 Å². The molecule has 1 nitrogen and oxygen atoms in total. The molecule has 0 heterocycles. The minimum absolute atomic E-state index is 0.0151. The molecule has 2 aliphatic rings. The molecule has 0 spiro atoms. The summed E-state index contributed by atoms with van der Waals surface area (Å²) in [5.74, 6) is 2.41. The maximum atomic E-state index is 13.7. The molecule has 1 aromatic rings. The minimum Gasteiger partial charge on any atom is -0.496 e. The molecule has 2 saturated carbocycles. The lowest BCUT2D eigenvalue weighted by Crippen LogP contribution is -2.26. The van der Waals surface area contributed by atoms with Gasteiger partial charge in [0.05, 0.1) is 12.7 Å². The zero-order valence-corrected chi connectivity index (χ0v) is 22.5. The van der Waals surface area contributed by atoms with Crippen molar-refractivity contribution in [2.45, 2.75) is 122 Å². The lowest BCUT2D eigenvalue weighted by Gasteiger charge is -2.38. The fraction of sp³-hybridized carbons (Fsp3) is 0.800. The third-order valence-corrected chi connectivity index (χ3v) is 9.01. The van der Waals surface area contributed by atoms with E-state index < -0.39 is 29.2 Å². The number of halogens is 6. The summed E-state index contributed by atoms with van der Waals surface area (Å²) in [5, 5.41) is 0. The molecule has 0 saturated heterocycles. The molecule has 1 aromatic carbocycles. The lowest BCUT2D eigenvalue weighted by molar-refractivity contribution is -0.163. The van der Waals surface area contributed by atoms with E-state index in [1.165, 1.54) is 77.0 Å². The molecule has 7 heteroatoms. The van der Waals surface area contributed by atoms with Gasteiger partial charge in [0.2, 0.25) is 0 Å². The first-order chi connectivity index (χ1) is 17.5. The highest BCUT2D eigenvalue weighted by molar-refractivity contribution is 5.48. The van der Waals surface area contributed by atoms with Crippen molar-refractivity contribution in [2.24, 2.45) is 23.7 Å². The molecule has 0 aromatic heterocycles. The fourth-order valence-corrected chi connectivity index (χ4v) is 6.94. The maximum absolute atomic E-state index is 13.7. The summed E-state index contributed by atoms with van der Waals surface area (Å²) in [6.45, 7) is 2.25. The van der Waals surface area contributed by atoms with E-state index in [9.17, 15) is 26.3 Å². The van der Waals surface area contributed by atoms with Crippen molar-refractivity contribution in [1.29, 1.82) is 0 Å². The summed E-state index contributed by atoms with van der Waals surface area (Å²) in [6.07, 6.45) is 7.65. The van der Waals surface area contributed by atoms with Crippen LogP contribution >= 0.6 is 0 Å². The van der Waals surface area contributed by atoms with Gasteiger partial charge in [0.1, 0.15) is 11.3 Å². The number of methoxy groups -OCH3 is 1. The van der Waals surface area contributed by atoms with E-state index in [1.54, 1.807) is 0 Å². The molecule has 212 valence electrons. The normalized spacial score (nSPS) is 25.3. The summed E-state index contributed by atoms with van der Waals surface area (Å²) in [5.41, 5.74) is -3.61. The van der Waals surface area contributed by atoms with Crippen molar-refractivity contribution in [3.8, 4) is 5.75 Å². The summed E-state index contributed by atoms with van der Waals surface area (Å²) >= 11 is 0. The topological polar surface area (TPSA) is 9.23 Å². The standard InChI is InChI=1S/C30H44F6O/c1-3-4-5-8-21-11-15-23(16-12-21)24-17-13-22(14-18-24)9-6-7-10-25-19-20-26(37-2)28(30(34,35)36)27(25)29(31,32)33/h19-24H,3-18H2,1-2H3. The largest absolute Gasteiger partial charge is 0.496 e. The summed E-state index contributed by atoms with van der Waals surface area (Å²) in [4.78, 5) is 0. The minimum atomic E-state index is -5.14. The molecule has 0 radical (unpaired) electrons. The predicted octanol–water partition coefficient (Wildman–Crippen LogP) is 10.6. The van der Waals surface area contributed by atoms with Crippen LogP contribution in [0.2, 0.25) is 0 Å². The Balaban J connectivity index is 1.44. The summed E-state index contributed by atoms with van der Waals surface area (Å²) < 4.78 is 86.2. The first kappa shape index (κ1) is 30.1. The number of ether oxygens (including phenoxy) is 1. The molecule has 0 N–H and O–H groups in total. The second kappa shape index (κ2) is 13.6. The van der Waals surface area contributed by atoms with E-state index in [4.69, 9.17) is 0 Å². The number of alkyl halides is 6. The van der Waals surface area contributed by atoms with Gasteiger partial charge in [-0.3, -0.25) is 0 Å². The smallest absolute Gasteiger partial charge is 0.420 e. The molecule has 3 rings (SSSR count). The van der Waals surface area contributed by atoms with Crippen LogP contribution in [0.1, 0.15) is 120 Å². The van der Waals surface area contributed by atoms with Gasteiger partial charge in [-0.1, -0.05) is 77.2 Å². The van der Waals surface area contributed by atoms with E-state index >= 15 is 0 Å². The van der Waals surface area contributed by atoms with Crippen molar-refractivity contribution >= 4 is 0 Å². The monoisotopic (exact) mass is 534 g/mol. The third kappa shape index (κ3) is 8.54. The summed E-state index contributed by atoms with van der Waals surface area (Å²) in [6, 6.07) is 2.15. The van der Waals surface area contributed by atoms with Crippen LogP contribution in [0.15, 0.2) is 12.1 Å². The molecule has 37 heavy (non-hydrogen) atoms. The second-order valence-corrected chi connectivity index (χ2v) is 11.5.